The van der Waals surface area contributed by atoms with E-state index < -0.39 is 0 Å². The molecule has 0 amide bonds. The van der Waals surface area contributed by atoms with Gasteiger partial charge in [-0.3, -0.25) is 0 Å². The average Bonchev–Trinajstić information content (AvgIpc) is 2.96. The lowest BCUT2D eigenvalue weighted by Gasteiger charge is -2.02. The van der Waals surface area contributed by atoms with E-state index in [1.807, 2.05) is 53.2 Å². The van der Waals surface area contributed by atoms with Crippen molar-refractivity contribution in [1.29, 1.82) is 0 Å². The van der Waals surface area contributed by atoms with E-state index in [1.54, 1.807) is 0 Å². The molecule has 1 radical (unpaired) electrons. The quantitative estimate of drug-likeness (QED) is 0.524. The first kappa shape index (κ1) is 11.9. The number of rotatable bonds is 2. The van der Waals surface area contributed by atoms with E-state index in [-0.39, 0.29) is 0 Å². The highest BCUT2D eigenvalue weighted by Gasteiger charge is 2.12. The van der Waals surface area contributed by atoms with Gasteiger partial charge in [-0.1, -0.05) is 54.6 Å². The molecule has 0 aliphatic carbocycles. The van der Waals surface area contributed by atoms with Crippen molar-refractivity contribution in [2.45, 2.75) is 0 Å². The smallest absolute Gasteiger partial charge is 0.101 e. The topological polar surface area (TPSA) is 17.8 Å². The van der Waals surface area contributed by atoms with Crippen LogP contribution >= 0.6 is 0 Å². The van der Waals surface area contributed by atoms with Crippen LogP contribution in [-0.2, 0) is 0 Å². The van der Waals surface area contributed by atoms with Gasteiger partial charge >= 0.3 is 0 Å². The summed E-state index contributed by atoms with van der Waals surface area (Å²) in [5.74, 6) is 0. The second kappa shape index (κ2) is 4.91. The van der Waals surface area contributed by atoms with Gasteiger partial charge in [-0.05, 0) is 30.3 Å². The summed E-state index contributed by atoms with van der Waals surface area (Å²) in [6.45, 7) is 0. The number of aromatic nitrogens is 2. The standard InChI is InChI=1S/C19H13N2/c1-3-9-15(10-4-1)19-17-13-7-8-14-18(17)21(20-19)16-11-5-2-6-12-16/h1-6,8-14H. The van der Waals surface area contributed by atoms with Gasteiger partial charge < -0.3 is 0 Å². The van der Waals surface area contributed by atoms with Crippen molar-refractivity contribution in [3.8, 4) is 16.9 Å². The van der Waals surface area contributed by atoms with Crippen LogP contribution in [0.5, 0.6) is 0 Å². The third-order valence-electron chi connectivity index (χ3n) is 3.57. The van der Waals surface area contributed by atoms with Gasteiger partial charge in [0.2, 0.25) is 0 Å². The molecule has 0 aliphatic heterocycles. The van der Waals surface area contributed by atoms with Gasteiger partial charge in [-0.2, -0.15) is 5.10 Å². The Morgan fingerprint density at radius 3 is 2.29 bits per heavy atom. The molecule has 0 spiro atoms. The molecule has 0 N–H and O–H groups in total. The summed E-state index contributed by atoms with van der Waals surface area (Å²) in [7, 11) is 0. The highest BCUT2D eigenvalue weighted by atomic mass is 15.3. The fraction of sp³-hybridized carbons (Fsp3) is 0. The van der Waals surface area contributed by atoms with Gasteiger partial charge in [0.05, 0.1) is 11.2 Å². The van der Waals surface area contributed by atoms with Crippen LogP contribution in [0.15, 0.2) is 78.9 Å². The molecule has 2 heteroatoms. The maximum atomic E-state index is 4.83. The Labute approximate surface area is 123 Å². The summed E-state index contributed by atoms with van der Waals surface area (Å²) in [4.78, 5) is 0. The normalized spacial score (nSPS) is 10.9. The molecule has 1 aromatic heterocycles. The lowest BCUT2D eigenvalue weighted by molar-refractivity contribution is 0.915. The van der Waals surface area contributed by atoms with Crippen molar-refractivity contribution < 1.29 is 0 Å². The lowest BCUT2D eigenvalue weighted by atomic mass is 10.1. The molecular formula is C19H13N2. The average molecular weight is 269 g/mol. The Kier molecular flexibility index (Phi) is 2.79. The number of hydrogen-bond acceptors (Lipinski definition) is 1. The Balaban J connectivity index is 2.02. The summed E-state index contributed by atoms with van der Waals surface area (Å²) >= 11 is 0. The molecule has 0 fully saturated rings. The Hall–Kier alpha value is -2.87. The van der Waals surface area contributed by atoms with Crippen LogP contribution in [0.3, 0.4) is 0 Å². The molecule has 0 atom stereocenters. The van der Waals surface area contributed by atoms with Crippen LogP contribution in [0.25, 0.3) is 27.8 Å². The summed E-state index contributed by atoms with van der Waals surface area (Å²) in [5.41, 5.74) is 4.28. The van der Waals surface area contributed by atoms with Gasteiger partial charge in [0.15, 0.2) is 0 Å². The molecule has 2 nitrogen and oxygen atoms in total. The van der Waals surface area contributed by atoms with Crippen molar-refractivity contribution in [3.05, 3.63) is 84.9 Å². The minimum atomic E-state index is 0.992. The fourth-order valence-corrected chi connectivity index (χ4v) is 2.58. The van der Waals surface area contributed by atoms with Crippen molar-refractivity contribution in [1.82, 2.24) is 9.78 Å². The monoisotopic (exact) mass is 269 g/mol. The van der Waals surface area contributed by atoms with E-state index in [9.17, 15) is 0 Å². The maximum absolute atomic E-state index is 4.83. The minimum Gasteiger partial charge on any atom is -0.232 e. The molecule has 21 heavy (non-hydrogen) atoms. The van der Waals surface area contributed by atoms with E-state index in [0.29, 0.717) is 0 Å². The van der Waals surface area contributed by atoms with Gasteiger partial charge in [0.25, 0.3) is 0 Å². The summed E-state index contributed by atoms with van der Waals surface area (Å²) in [6, 6.07) is 29.6. The van der Waals surface area contributed by atoms with Crippen molar-refractivity contribution in [2.24, 2.45) is 0 Å². The van der Waals surface area contributed by atoms with Crippen LogP contribution in [-0.4, -0.2) is 9.78 Å². The largest absolute Gasteiger partial charge is 0.232 e. The predicted octanol–water partition coefficient (Wildman–Crippen LogP) is 4.49. The molecule has 0 saturated heterocycles. The van der Waals surface area contributed by atoms with Gasteiger partial charge in [0.1, 0.15) is 5.69 Å². The number of para-hydroxylation sites is 1. The molecular weight excluding hydrogens is 256 g/mol. The van der Waals surface area contributed by atoms with Crippen molar-refractivity contribution in [2.75, 3.05) is 0 Å². The molecule has 0 bridgehead atoms. The molecule has 0 saturated carbocycles. The van der Waals surface area contributed by atoms with Crippen LogP contribution < -0.4 is 0 Å². The first-order valence-electron chi connectivity index (χ1n) is 6.93. The van der Waals surface area contributed by atoms with Crippen LogP contribution in [0.2, 0.25) is 0 Å². The van der Waals surface area contributed by atoms with Gasteiger partial charge in [0, 0.05) is 10.9 Å². The number of hydrogen-bond donors (Lipinski definition) is 0. The summed E-state index contributed by atoms with van der Waals surface area (Å²) in [5, 5.41) is 5.94. The van der Waals surface area contributed by atoms with Crippen LogP contribution in [0.4, 0.5) is 0 Å². The minimum absolute atomic E-state index is 0.992. The lowest BCUT2D eigenvalue weighted by Crippen LogP contribution is -1.95. The van der Waals surface area contributed by atoms with Crippen molar-refractivity contribution >= 4 is 10.9 Å². The molecule has 4 rings (SSSR count). The third kappa shape index (κ3) is 2.01. The van der Waals surface area contributed by atoms with Crippen LogP contribution in [0.1, 0.15) is 0 Å². The van der Waals surface area contributed by atoms with E-state index >= 15 is 0 Å². The first-order chi connectivity index (χ1) is 10.4. The highest BCUT2D eigenvalue weighted by molar-refractivity contribution is 5.94. The Bertz CT molecular complexity index is 804. The second-order valence-corrected chi connectivity index (χ2v) is 4.91. The Morgan fingerprint density at radius 2 is 1.52 bits per heavy atom. The van der Waals surface area contributed by atoms with Gasteiger partial charge in [-0.15, -0.1) is 0 Å². The number of fused-ring (bicyclic) bond motifs is 1. The van der Waals surface area contributed by atoms with E-state index in [0.717, 1.165) is 27.8 Å². The van der Waals surface area contributed by atoms with Crippen LogP contribution in [0, 0.1) is 6.07 Å². The number of benzene rings is 3. The zero-order chi connectivity index (χ0) is 14.1. The molecule has 0 aliphatic rings. The molecule has 0 unspecified atom stereocenters. The van der Waals surface area contributed by atoms with E-state index in [2.05, 4.69) is 36.4 Å². The van der Waals surface area contributed by atoms with E-state index in [4.69, 9.17) is 5.10 Å². The predicted molar refractivity (Wildman–Crippen MR) is 85.3 cm³/mol. The third-order valence-corrected chi connectivity index (χ3v) is 3.57. The maximum Gasteiger partial charge on any atom is 0.101 e. The second-order valence-electron chi connectivity index (χ2n) is 4.91. The van der Waals surface area contributed by atoms with Crippen molar-refractivity contribution in [3.63, 3.8) is 0 Å². The zero-order valence-corrected chi connectivity index (χ0v) is 11.4. The van der Waals surface area contributed by atoms with Gasteiger partial charge in [-0.25, -0.2) is 4.68 Å². The molecule has 99 valence electrons. The molecule has 4 aromatic rings. The first-order valence-corrected chi connectivity index (χ1v) is 6.93. The summed E-state index contributed by atoms with van der Waals surface area (Å²) < 4.78 is 1.99. The highest BCUT2D eigenvalue weighted by Crippen LogP contribution is 2.29. The summed E-state index contributed by atoms with van der Waals surface area (Å²) in [6.07, 6.45) is 0. The Morgan fingerprint density at radius 1 is 0.810 bits per heavy atom. The van der Waals surface area contributed by atoms with E-state index in [1.165, 1.54) is 0 Å². The zero-order valence-electron chi connectivity index (χ0n) is 11.4. The number of nitrogens with zero attached hydrogens (tertiary/aromatic N) is 2. The molecule has 1 heterocycles. The SMILES string of the molecule is [c]1ccc2c(c1)c(-c1ccccc1)nn2-c1ccccc1. The fourth-order valence-electron chi connectivity index (χ4n) is 2.58. The molecule has 3 aromatic carbocycles.